The third kappa shape index (κ3) is 2.24. The van der Waals surface area contributed by atoms with Crippen LogP contribution in [-0.4, -0.2) is 14.6 Å². The smallest absolute Gasteiger partial charge is 0.171 e. The molecule has 16 heavy (non-hydrogen) atoms. The average molecular weight is 240 g/mol. The summed E-state index contributed by atoms with van der Waals surface area (Å²) in [6.07, 6.45) is 11.3. The van der Waals surface area contributed by atoms with E-state index < -0.39 is 9.04 Å². The van der Waals surface area contributed by atoms with Gasteiger partial charge in [-0.2, -0.15) is 0 Å². The zero-order chi connectivity index (χ0) is 11.6. The molecule has 2 aliphatic rings. The van der Waals surface area contributed by atoms with Crippen LogP contribution in [0.15, 0.2) is 0 Å². The third-order valence-corrected chi connectivity index (χ3v) is 5.64. The first-order valence-corrected chi connectivity index (χ1v) is 10.1. The van der Waals surface area contributed by atoms with Crippen molar-refractivity contribution in [1.82, 2.24) is 0 Å². The Hall–Kier alpha value is 0.177. The molecule has 0 N–H and O–H groups in total. The Kier molecular flexibility index (Phi) is 4.12. The molecule has 0 aliphatic heterocycles. The van der Waals surface area contributed by atoms with E-state index in [1.54, 1.807) is 0 Å². The molecule has 3 unspecified atom stereocenters. The van der Waals surface area contributed by atoms with Crippen LogP contribution in [0, 0.1) is 11.8 Å². The Morgan fingerprint density at radius 3 is 2.75 bits per heavy atom. The molecule has 1 nitrogen and oxygen atoms in total. The van der Waals surface area contributed by atoms with Crippen molar-refractivity contribution in [2.24, 2.45) is 11.8 Å². The fourth-order valence-electron chi connectivity index (χ4n) is 4.18. The van der Waals surface area contributed by atoms with Crippen LogP contribution in [0.5, 0.6) is 0 Å². The fourth-order valence-corrected chi connectivity index (χ4v) is 5.56. The summed E-state index contributed by atoms with van der Waals surface area (Å²) in [6.45, 7) is 7.00. The second kappa shape index (κ2) is 5.22. The van der Waals surface area contributed by atoms with E-state index in [1.807, 2.05) is 0 Å². The van der Waals surface area contributed by atoms with Gasteiger partial charge in [0.1, 0.15) is 0 Å². The van der Waals surface area contributed by atoms with Gasteiger partial charge in [0.05, 0.1) is 5.60 Å². The Labute approximate surface area is 103 Å². The maximum atomic E-state index is 6.57. The van der Waals surface area contributed by atoms with Gasteiger partial charge in [-0.05, 0) is 57.0 Å². The summed E-state index contributed by atoms with van der Waals surface area (Å²) in [4.78, 5) is 0. The molecule has 2 rings (SSSR count). The van der Waals surface area contributed by atoms with Crippen LogP contribution in [0.25, 0.3) is 0 Å². The predicted molar refractivity (Wildman–Crippen MR) is 72.3 cm³/mol. The molecule has 0 radical (unpaired) electrons. The minimum atomic E-state index is -0.879. The summed E-state index contributed by atoms with van der Waals surface area (Å²) in [5, 5.41) is 0. The molecule has 3 atom stereocenters. The van der Waals surface area contributed by atoms with E-state index in [0.717, 1.165) is 11.8 Å². The highest BCUT2D eigenvalue weighted by atomic mass is 28.3. The van der Waals surface area contributed by atoms with Gasteiger partial charge in [0.25, 0.3) is 0 Å². The van der Waals surface area contributed by atoms with E-state index in [4.69, 9.17) is 4.43 Å². The molecule has 2 saturated carbocycles. The summed E-state index contributed by atoms with van der Waals surface area (Å²) in [5.74, 6) is 1.82. The highest BCUT2D eigenvalue weighted by Crippen LogP contribution is 2.54. The summed E-state index contributed by atoms with van der Waals surface area (Å²) in [7, 11) is -0.879. The van der Waals surface area contributed by atoms with Gasteiger partial charge in [-0.25, -0.2) is 0 Å². The Bertz CT molecular complexity index is 229. The summed E-state index contributed by atoms with van der Waals surface area (Å²) < 4.78 is 6.57. The van der Waals surface area contributed by atoms with E-state index in [2.05, 4.69) is 20.0 Å². The minimum absolute atomic E-state index is 0.357. The van der Waals surface area contributed by atoms with Crippen LogP contribution < -0.4 is 0 Å². The molecule has 94 valence electrons. The molecular formula is C14H28OSi. The SMILES string of the molecule is CCCCC1CCC2CCCC12O[SiH](C)C. The van der Waals surface area contributed by atoms with Gasteiger partial charge in [-0.3, -0.25) is 0 Å². The normalized spacial score (nSPS) is 38.2. The predicted octanol–water partition coefficient (Wildman–Crippen LogP) is 4.13. The molecule has 0 amide bonds. The number of hydrogen-bond donors (Lipinski definition) is 0. The monoisotopic (exact) mass is 240 g/mol. The van der Waals surface area contributed by atoms with Crippen molar-refractivity contribution >= 4 is 9.04 Å². The van der Waals surface area contributed by atoms with Crippen molar-refractivity contribution in [2.75, 3.05) is 0 Å². The lowest BCUT2D eigenvalue weighted by molar-refractivity contribution is 0.00275. The molecule has 2 fully saturated rings. The van der Waals surface area contributed by atoms with Crippen LogP contribution >= 0.6 is 0 Å². The summed E-state index contributed by atoms with van der Waals surface area (Å²) in [6, 6.07) is 0. The Balaban J connectivity index is 2.06. The Morgan fingerprint density at radius 2 is 2.06 bits per heavy atom. The first kappa shape index (κ1) is 12.6. The van der Waals surface area contributed by atoms with Gasteiger partial charge in [0.2, 0.25) is 0 Å². The lowest BCUT2D eigenvalue weighted by atomic mass is 9.83. The van der Waals surface area contributed by atoms with E-state index in [0.29, 0.717) is 5.60 Å². The fraction of sp³-hybridized carbons (Fsp3) is 1.00. The summed E-state index contributed by atoms with van der Waals surface area (Å²) >= 11 is 0. The highest BCUT2D eigenvalue weighted by molar-refractivity contribution is 6.48. The minimum Gasteiger partial charge on any atom is -0.415 e. The topological polar surface area (TPSA) is 9.23 Å². The molecule has 0 spiro atoms. The van der Waals surface area contributed by atoms with Crippen molar-refractivity contribution in [2.45, 2.75) is 77.0 Å². The molecule has 0 saturated heterocycles. The van der Waals surface area contributed by atoms with E-state index in [1.165, 1.54) is 51.4 Å². The summed E-state index contributed by atoms with van der Waals surface area (Å²) in [5.41, 5.74) is 0.357. The maximum absolute atomic E-state index is 6.57. The van der Waals surface area contributed by atoms with Crippen molar-refractivity contribution in [3.05, 3.63) is 0 Å². The van der Waals surface area contributed by atoms with Crippen molar-refractivity contribution < 1.29 is 4.43 Å². The van der Waals surface area contributed by atoms with Crippen LogP contribution in [0.3, 0.4) is 0 Å². The standard InChI is InChI=1S/C14H28OSi/c1-4-5-7-12-9-10-13-8-6-11-14(12,13)15-16(2)3/h12-13,16H,4-11H2,1-3H3. The third-order valence-electron chi connectivity index (χ3n) is 4.73. The van der Waals surface area contributed by atoms with Crippen molar-refractivity contribution in [3.8, 4) is 0 Å². The molecule has 0 bridgehead atoms. The van der Waals surface area contributed by atoms with Crippen LogP contribution in [0.2, 0.25) is 13.1 Å². The van der Waals surface area contributed by atoms with Gasteiger partial charge in [0, 0.05) is 0 Å². The van der Waals surface area contributed by atoms with Crippen molar-refractivity contribution in [3.63, 3.8) is 0 Å². The van der Waals surface area contributed by atoms with Gasteiger partial charge >= 0.3 is 0 Å². The molecular weight excluding hydrogens is 212 g/mol. The van der Waals surface area contributed by atoms with E-state index in [-0.39, 0.29) is 0 Å². The molecule has 0 heterocycles. The highest BCUT2D eigenvalue weighted by Gasteiger charge is 2.52. The maximum Gasteiger partial charge on any atom is 0.171 e. The van der Waals surface area contributed by atoms with Gasteiger partial charge in [-0.15, -0.1) is 0 Å². The molecule has 0 aromatic heterocycles. The van der Waals surface area contributed by atoms with E-state index in [9.17, 15) is 0 Å². The Morgan fingerprint density at radius 1 is 1.25 bits per heavy atom. The van der Waals surface area contributed by atoms with Gasteiger partial charge in [0.15, 0.2) is 9.04 Å². The average Bonchev–Trinajstić information content (AvgIpc) is 2.72. The number of unbranched alkanes of at least 4 members (excludes halogenated alkanes) is 1. The number of hydrogen-bond acceptors (Lipinski definition) is 1. The zero-order valence-electron chi connectivity index (χ0n) is 11.3. The van der Waals surface area contributed by atoms with Crippen LogP contribution in [-0.2, 0) is 4.43 Å². The van der Waals surface area contributed by atoms with Crippen molar-refractivity contribution in [1.29, 1.82) is 0 Å². The lowest BCUT2D eigenvalue weighted by Crippen LogP contribution is -2.42. The van der Waals surface area contributed by atoms with Crippen LogP contribution in [0.4, 0.5) is 0 Å². The first-order chi connectivity index (χ1) is 7.69. The number of fused-ring (bicyclic) bond motifs is 1. The molecule has 0 aromatic carbocycles. The number of rotatable bonds is 5. The van der Waals surface area contributed by atoms with Gasteiger partial charge in [-0.1, -0.05) is 26.2 Å². The second-order valence-corrected chi connectivity index (χ2v) is 8.46. The molecule has 2 aliphatic carbocycles. The van der Waals surface area contributed by atoms with Crippen LogP contribution in [0.1, 0.15) is 58.3 Å². The molecule has 0 aromatic rings. The second-order valence-electron chi connectivity index (χ2n) is 6.13. The quantitative estimate of drug-likeness (QED) is 0.657. The van der Waals surface area contributed by atoms with E-state index >= 15 is 0 Å². The lowest BCUT2D eigenvalue weighted by Gasteiger charge is -2.38. The molecule has 2 heteroatoms. The van der Waals surface area contributed by atoms with Gasteiger partial charge < -0.3 is 4.43 Å². The largest absolute Gasteiger partial charge is 0.415 e. The first-order valence-electron chi connectivity index (χ1n) is 7.37. The zero-order valence-corrected chi connectivity index (χ0v) is 12.5.